The third kappa shape index (κ3) is 9.38. The normalized spacial score (nSPS) is 23.3. The first-order valence-electron chi connectivity index (χ1n) is 14.3. The molecule has 1 aliphatic carbocycles. The predicted octanol–water partition coefficient (Wildman–Crippen LogP) is 9.89. The van der Waals surface area contributed by atoms with Crippen LogP contribution >= 0.6 is 0 Å². The van der Waals surface area contributed by atoms with Crippen molar-refractivity contribution < 1.29 is 9.16 Å². The van der Waals surface area contributed by atoms with Gasteiger partial charge in [0.25, 0.3) is 0 Å². The van der Waals surface area contributed by atoms with Crippen molar-refractivity contribution in [2.75, 3.05) is 0 Å². The van der Waals surface area contributed by atoms with Gasteiger partial charge >= 0.3 is 0 Å². The van der Waals surface area contributed by atoms with Crippen molar-refractivity contribution in [1.29, 1.82) is 0 Å². The second kappa shape index (κ2) is 14.4. The fourth-order valence-electron chi connectivity index (χ4n) is 5.49. The number of allylic oxidation sites excluding steroid dienone is 3. The fourth-order valence-corrected chi connectivity index (χ4v) is 6.91. The summed E-state index contributed by atoms with van der Waals surface area (Å²) in [5.41, 5.74) is 1.41. The van der Waals surface area contributed by atoms with Crippen LogP contribution in [0, 0.1) is 17.8 Å². The highest BCUT2D eigenvalue weighted by molar-refractivity contribution is 6.74. The van der Waals surface area contributed by atoms with Crippen LogP contribution in [0.4, 0.5) is 0 Å². The van der Waals surface area contributed by atoms with Gasteiger partial charge in [0.2, 0.25) is 0 Å². The molecule has 1 aromatic rings. The summed E-state index contributed by atoms with van der Waals surface area (Å²) in [6, 6.07) is 10.9. The van der Waals surface area contributed by atoms with Crippen LogP contribution in [0.25, 0.3) is 0 Å². The fraction of sp³-hybridized carbons (Fsp3) is 0.636. The lowest BCUT2D eigenvalue weighted by molar-refractivity contribution is 0.0646. The van der Waals surface area contributed by atoms with E-state index in [1.54, 1.807) is 0 Å². The first kappa shape index (κ1) is 30.6. The molecule has 0 saturated heterocycles. The summed E-state index contributed by atoms with van der Waals surface area (Å²) in [4.78, 5) is 0. The minimum Gasteiger partial charge on any atom is -0.495 e. The molecule has 0 bridgehead atoms. The molecule has 0 N–H and O–H groups in total. The highest BCUT2D eigenvalue weighted by atomic mass is 28.4. The van der Waals surface area contributed by atoms with Crippen molar-refractivity contribution in [3.63, 3.8) is 0 Å². The Morgan fingerprint density at radius 3 is 2.39 bits per heavy atom. The van der Waals surface area contributed by atoms with Crippen LogP contribution in [0.5, 0.6) is 0 Å². The average Bonchev–Trinajstić information content (AvgIpc) is 3.09. The van der Waals surface area contributed by atoms with Gasteiger partial charge in [-0.25, -0.2) is 0 Å². The van der Waals surface area contributed by atoms with E-state index in [9.17, 15) is 0 Å². The Morgan fingerprint density at radius 1 is 1.08 bits per heavy atom. The van der Waals surface area contributed by atoms with E-state index >= 15 is 0 Å². The second-order valence-corrected chi connectivity index (χ2v) is 17.3. The zero-order chi connectivity index (χ0) is 26.8. The predicted molar refractivity (Wildman–Crippen MR) is 160 cm³/mol. The maximum absolute atomic E-state index is 7.03. The van der Waals surface area contributed by atoms with Crippen LogP contribution < -0.4 is 0 Å². The lowest BCUT2D eigenvalue weighted by Gasteiger charge is -2.40. The SMILES string of the molecule is C=CCCCC(=C)O[C@H]1C[C@@H](C)[C@H](CC[C@H](CCc2ccccc2)O[Si](C)(C)C(C)(C)C)[C@H]1CC=C. The van der Waals surface area contributed by atoms with Gasteiger partial charge in [0.05, 0.1) is 5.76 Å². The van der Waals surface area contributed by atoms with Crippen molar-refractivity contribution in [1.82, 2.24) is 0 Å². The molecule has 3 heteroatoms. The van der Waals surface area contributed by atoms with Crippen molar-refractivity contribution in [2.24, 2.45) is 17.8 Å². The molecule has 2 rings (SSSR count). The van der Waals surface area contributed by atoms with Crippen LogP contribution in [0.1, 0.15) is 84.6 Å². The summed E-state index contributed by atoms with van der Waals surface area (Å²) >= 11 is 0. The van der Waals surface area contributed by atoms with Gasteiger partial charge in [-0.2, -0.15) is 0 Å². The third-order valence-electron chi connectivity index (χ3n) is 8.67. The molecule has 0 aliphatic heterocycles. The van der Waals surface area contributed by atoms with Gasteiger partial charge in [-0.3, -0.25) is 0 Å². The molecule has 0 amide bonds. The number of hydrogen-bond donors (Lipinski definition) is 0. The number of aryl methyl sites for hydroxylation is 1. The van der Waals surface area contributed by atoms with Gasteiger partial charge in [0.1, 0.15) is 6.10 Å². The summed E-state index contributed by atoms with van der Waals surface area (Å²) in [5, 5.41) is 0.217. The van der Waals surface area contributed by atoms with E-state index in [1.807, 2.05) is 6.08 Å². The summed E-state index contributed by atoms with van der Waals surface area (Å²) in [7, 11) is -1.84. The van der Waals surface area contributed by atoms with Crippen molar-refractivity contribution in [3.05, 3.63) is 73.5 Å². The number of unbranched alkanes of at least 4 members (excludes halogenated alkanes) is 1. The van der Waals surface area contributed by atoms with E-state index < -0.39 is 8.32 Å². The smallest absolute Gasteiger partial charge is 0.192 e. The van der Waals surface area contributed by atoms with E-state index in [-0.39, 0.29) is 11.1 Å². The molecule has 1 aliphatic rings. The lowest BCUT2D eigenvalue weighted by atomic mass is 9.83. The van der Waals surface area contributed by atoms with Gasteiger partial charge in [-0.1, -0.05) is 76.8 Å². The molecule has 1 aromatic carbocycles. The first-order chi connectivity index (χ1) is 17.0. The maximum atomic E-state index is 7.03. The molecule has 1 fully saturated rings. The number of hydrogen-bond acceptors (Lipinski definition) is 2. The molecule has 0 spiro atoms. The van der Waals surface area contributed by atoms with Crippen LogP contribution in [0.3, 0.4) is 0 Å². The third-order valence-corrected chi connectivity index (χ3v) is 13.2. The van der Waals surface area contributed by atoms with E-state index in [4.69, 9.17) is 9.16 Å². The standard InChI is InChI=1S/C33H54O2Si/c1-10-12-14-18-27(4)34-32-25-26(3)30(31(32)17-11-2)24-23-29(35-36(8,9)33(5,6)7)22-21-28-19-15-13-16-20-28/h10-11,13,15-16,19-20,26,29-32H,1-2,4,12,14,17-18,21-25H2,3,5-9H3/t26-,29+,30+,31-,32+/m1/s1. The summed E-state index contributed by atoms with van der Waals surface area (Å²) in [6.45, 7) is 26.4. The van der Waals surface area contributed by atoms with Gasteiger partial charge in [-0.05, 0) is 86.9 Å². The zero-order valence-corrected chi connectivity index (χ0v) is 25.2. The van der Waals surface area contributed by atoms with E-state index in [0.29, 0.717) is 23.9 Å². The summed E-state index contributed by atoms with van der Waals surface area (Å²) in [5.74, 6) is 2.72. The average molecular weight is 511 g/mol. The number of benzene rings is 1. The van der Waals surface area contributed by atoms with Gasteiger partial charge in [0, 0.05) is 18.4 Å². The zero-order valence-electron chi connectivity index (χ0n) is 24.2. The number of rotatable bonds is 16. The molecule has 2 nitrogen and oxygen atoms in total. The monoisotopic (exact) mass is 510 g/mol. The number of ether oxygens (including phenoxy) is 1. The molecule has 0 aromatic heterocycles. The van der Waals surface area contributed by atoms with Crippen molar-refractivity contribution in [2.45, 2.75) is 116 Å². The van der Waals surface area contributed by atoms with Gasteiger partial charge in [-0.15, -0.1) is 13.2 Å². The topological polar surface area (TPSA) is 18.5 Å². The minimum atomic E-state index is -1.84. The quantitative estimate of drug-likeness (QED) is 0.0953. The Labute approximate surface area is 224 Å². The molecule has 0 unspecified atom stereocenters. The Morgan fingerprint density at radius 2 is 1.78 bits per heavy atom. The lowest BCUT2D eigenvalue weighted by Crippen LogP contribution is -2.44. The molecular weight excluding hydrogens is 456 g/mol. The molecule has 202 valence electrons. The molecule has 1 saturated carbocycles. The van der Waals surface area contributed by atoms with Crippen molar-refractivity contribution >= 4 is 8.32 Å². The molecule has 0 heterocycles. The molecular formula is C33H54O2Si. The van der Waals surface area contributed by atoms with Gasteiger partial charge < -0.3 is 9.16 Å². The maximum Gasteiger partial charge on any atom is 0.192 e. The molecule has 36 heavy (non-hydrogen) atoms. The Hall–Kier alpha value is -1.58. The first-order valence-corrected chi connectivity index (χ1v) is 17.2. The molecule has 0 radical (unpaired) electrons. The Kier molecular flexibility index (Phi) is 12.2. The largest absolute Gasteiger partial charge is 0.495 e. The van der Waals surface area contributed by atoms with E-state index in [2.05, 4.69) is 96.9 Å². The highest BCUT2D eigenvalue weighted by Gasteiger charge is 2.43. The second-order valence-electron chi connectivity index (χ2n) is 12.5. The Balaban J connectivity index is 2.08. The summed E-state index contributed by atoms with van der Waals surface area (Å²) < 4.78 is 13.5. The Bertz CT molecular complexity index is 807. The highest BCUT2D eigenvalue weighted by Crippen LogP contribution is 2.45. The van der Waals surface area contributed by atoms with Gasteiger partial charge in [0.15, 0.2) is 8.32 Å². The van der Waals surface area contributed by atoms with Crippen LogP contribution in [-0.4, -0.2) is 20.5 Å². The van der Waals surface area contributed by atoms with Crippen LogP contribution in [0.15, 0.2) is 68.0 Å². The van der Waals surface area contributed by atoms with Crippen LogP contribution in [-0.2, 0) is 15.6 Å². The van der Waals surface area contributed by atoms with E-state index in [0.717, 1.165) is 57.1 Å². The summed E-state index contributed by atoms with van der Waals surface area (Å²) in [6.07, 6.45) is 14.2. The molecule has 5 atom stereocenters. The minimum absolute atomic E-state index is 0.217. The van der Waals surface area contributed by atoms with Crippen molar-refractivity contribution in [3.8, 4) is 0 Å². The van der Waals surface area contributed by atoms with E-state index in [1.165, 1.54) is 12.0 Å². The van der Waals surface area contributed by atoms with Crippen LogP contribution in [0.2, 0.25) is 18.1 Å².